The second kappa shape index (κ2) is 12.6. The van der Waals surface area contributed by atoms with Crippen LogP contribution in [-0.4, -0.2) is 21.6 Å². The van der Waals surface area contributed by atoms with Crippen molar-refractivity contribution in [3.63, 3.8) is 0 Å². The first-order valence-corrected chi connectivity index (χ1v) is 9.33. The number of carbonyl (C=O) groups is 1. The van der Waals surface area contributed by atoms with Crippen molar-refractivity contribution in [1.82, 2.24) is 9.89 Å². The molecule has 0 saturated heterocycles. The molecule has 24 heavy (non-hydrogen) atoms. The zero-order valence-corrected chi connectivity index (χ0v) is 15.0. The summed E-state index contributed by atoms with van der Waals surface area (Å²) in [5.74, 6) is -0.155. The standard InChI is InChI=1S/C18H33N5O/c1-2-3-4-5-6-7-8-9-10-11-12-13-17(24)22-23-15-14-16(21-23)18(19)20/h14-15H,2-13H2,1H3,(H3,19,20)(H,22,24). The number of nitrogens with two attached hydrogens (primary N) is 1. The molecular formula is C18H33N5O. The SMILES string of the molecule is CCCCCCCCCCCCCC(=O)Nn1ccc(C(=N)N)n1. The lowest BCUT2D eigenvalue weighted by molar-refractivity contribution is -0.117. The van der Waals surface area contributed by atoms with Gasteiger partial charge in [0.25, 0.3) is 0 Å². The summed E-state index contributed by atoms with van der Waals surface area (Å²) in [6, 6.07) is 1.60. The fourth-order valence-corrected chi connectivity index (χ4v) is 2.66. The lowest BCUT2D eigenvalue weighted by Gasteiger charge is -2.05. The van der Waals surface area contributed by atoms with Gasteiger partial charge < -0.3 is 5.73 Å². The van der Waals surface area contributed by atoms with Gasteiger partial charge in [-0.25, -0.2) is 5.43 Å². The molecule has 1 aromatic rings. The van der Waals surface area contributed by atoms with Crippen molar-refractivity contribution in [3.8, 4) is 0 Å². The van der Waals surface area contributed by atoms with Crippen LogP contribution in [0, 0.1) is 5.41 Å². The summed E-state index contributed by atoms with van der Waals surface area (Å²) in [6.07, 6.45) is 16.1. The molecule has 1 heterocycles. The van der Waals surface area contributed by atoms with Crippen LogP contribution >= 0.6 is 0 Å². The predicted molar refractivity (Wildman–Crippen MR) is 98.7 cm³/mol. The zero-order chi connectivity index (χ0) is 17.6. The second-order valence-corrected chi connectivity index (χ2v) is 6.38. The Labute approximate surface area is 145 Å². The highest BCUT2D eigenvalue weighted by atomic mass is 16.2. The number of amides is 1. The van der Waals surface area contributed by atoms with Gasteiger partial charge in [0.2, 0.25) is 5.91 Å². The highest BCUT2D eigenvalue weighted by Crippen LogP contribution is 2.11. The van der Waals surface area contributed by atoms with E-state index in [4.69, 9.17) is 11.1 Å². The maximum Gasteiger partial charge on any atom is 0.240 e. The van der Waals surface area contributed by atoms with Gasteiger partial charge in [0.05, 0.1) is 0 Å². The van der Waals surface area contributed by atoms with Gasteiger partial charge in [0.1, 0.15) is 11.5 Å². The Bertz CT molecular complexity index is 484. The smallest absolute Gasteiger partial charge is 0.240 e. The topological polar surface area (TPSA) is 96.8 Å². The largest absolute Gasteiger partial charge is 0.382 e. The van der Waals surface area contributed by atoms with Gasteiger partial charge in [-0.2, -0.15) is 4.79 Å². The van der Waals surface area contributed by atoms with E-state index in [1.807, 2.05) is 0 Å². The maximum atomic E-state index is 11.8. The minimum atomic E-state index is -0.103. The number of hydrogen-bond donors (Lipinski definition) is 3. The third kappa shape index (κ3) is 9.33. The monoisotopic (exact) mass is 335 g/mol. The normalized spacial score (nSPS) is 10.7. The van der Waals surface area contributed by atoms with E-state index in [2.05, 4.69) is 17.4 Å². The van der Waals surface area contributed by atoms with E-state index < -0.39 is 0 Å². The van der Waals surface area contributed by atoms with Crippen LogP contribution in [0.2, 0.25) is 0 Å². The fraction of sp³-hybridized carbons (Fsp3) is 0.722. The van der Waals surface area contributed by atoms with Crippen molar-refractivity contribution in [2.24, 2.45) is 5.73 Å². The molecule has 0 unspecified atom stereocenters. The third-order valence-corrected chi connectivity index (χ3v) is 4.11. The lowest BCUT2D eigenvalue weighted by Crippen LogP contribution is -2.24. The summed E-state index contributed by atoms with van der Waals surface area (Å²) in [7, 11) is 0. The Balaban J connectivity index is 1.95. The number of nitrogens with one attached hydrogen (secondary N) is 2. The van der Waals surface area contributed by atoms with E-state index in [0.29, 0.717) is 12.1 Å². The molecule has 0 atom stereocenters. The molecule has 0 radical (unpaired) electrons. The third-order valence-electron chi connectivity index (χ3n) is 4.11. The average molecular weight is 335 g/mol. The summed E-state index contributed by atoms with van der Waals surface area (Å²) in [5, 5.41) is 11.3. The summed E-state index contributed by atoms with van der Waals surface area (Å²) >= 11 is 0. The number of hydrogen-bond acceptors (Lipinski definition) is 3. The summed E-state index contributed by atoms with van der Waals surface area (Å²) in [6.45, 7) is 2.25. The minimum absolute atomic E-state index is 0.0517. The first-order valence-electron chi connectivity index (χ1n) is 9.33. The minimum Gasteiger partial charge on any atom is -0.382 e. The van der Waals surface area contributed by atoms with Gasteiger partial charge >= 0.3 is 0 Å². The Kier molecular flexibility index (Phi) is 10.6. The summed E-state index contributed by atoms with van der Waals surface area (Å²) in [4.78, 5) is 13.1. The van der Waals surface area contributed by atoms with Crippen molar-refractivity contribution in [1.29, 1.82) is 5.41 Å². The van der Waals surface area contributed by atoms with Gasteiger partial charge in [0.15, 0.2) is 0 Å². The Morgan fingerprint density at radius 1 is 1.08 bits per heavy atom. The molecule has 6 heteroatoms. The molecule has 0 fully saturated rings. The van der Waals surface area contributed by atoms with Gasteiger partial charge in [-0.3, -0.25) is 10.2 Å². The molecule has 0 aromatic carbocycles. The molecule has 0 aliphatic rings. The second-order valence-electron chi connectivity index (χ2n) is 6.38. The molecular weight excluding hydrogens is 302 g/mol. The first-order chi connectivity index (χ1) is 11.6. The maximum absolute atomic E-state index is 11.8. The number of nitrogens with zero attached hydrogens (tertiary/aromatic N) is 2. The molecule has 0 aliphatic heterocycles. The van der Waals surface area contributed by atoms with Crippen LogP contribution < -0.4 is 11.2 Å². The zero-order valence-electron chi connectivity index (χ0n) is 15.0. The number of carbonyl (C=O) groups excluding carboxylic acids is 1. The van der Waals surface area contributed by atoms with Crippen molar-refractivity contribution >= 4 is 11.7 Å². The van der Waals surface area contributed by atoms with E-state index >= 15 is 0 Å². The molecule has 1 aromatic heterocycles. The number of nitrogen functional groups attached to an aromatic ring is 1. The van der Waals surface area contributed by atoms with Gasteiger partial charge in [-0.15, -0.1) is 5.10 Å². The molecule has 0 aliphatic carbocycles. The highest BCUT2D eigenvalue weighted by molar-refractivity contribution is 5.93. The molecule has 136 valence electrons. The Hall–Kier alpha value is -1.85. The van der Waals surface area contributed by atoms with Crippen LogP contribution in [0.25, 0.3) is 0 Å². The first kappa shape index (κ1) is 20.2. The van der Waals surface area contributed by atoms with Crippen LogP contribution in [0.15, 0.2) is 12.3 Å². The van der Waals surface area contributed by atoms with E-state index in [0.717, 1.165) is 12.8 Å². The summed E-state index contributed by atoms with van der Waals surface area (Å²) in [5.41, 5.74) is 8.36. The van der Waals surface area contributed by atoms with Crippen LogP contribution in [0.5, 0.6) is 0 Å². The van der Waals surface area contributed by atoms with Crippen molar-refractivity contribution in [2.45, 2.75) is 84.0 Å². The fourth-order valence-electron chi connectivity index (χ4n) is 2.66. The molecule has 4 N–H and O–H groups in total. The molecule has 0 saturated carbocycles. The number of aromatic nitrogens is 2. The lowest BCUT2D eigenvalue weighted by atomic mass is 10.1. The molecule has 0 bridgehead atoms. The molecule has 1 rings (SSSR count). The van der Waals surface area contributed by atoms with Crippen LogP contribution in [0.1, 0.15) is 89.7 Å². The van der Waals surface area contributed by atoms with E-state index in [9.17, 15) is 4.79 Å². The number of amidine groups is 1. The highest BCUT2D eigenvalue weighted by Gasteiger charge is 2.05. The molecule has 0 spiro atoms. The Morgan fingerprint density at radius 3 is 2.12 bits per heavy atom. The van der Waals surface area contributed by atoms with Gasteiger partial charge in [0, 0.05) is 12.6 Å². The average Bonchev–Trinajstić information content (AvgIpc) is 3.01. The van der Waals surface area contributed by atoms with Crippen molar-refractivity contribution in [2.75, 3.05) is 5.43 Å². The van der Waals surface area contributed by atoms with E-state index in [1.165, 1.54) is 62.6 Å². The predicted octanol–water partition coefficient (Wildman–Crippen LogP) is 3.94. The van der Waals surface area contributed by atoms with E-state index in [-0.39, 0.29) is 11.7 Å². The van der Waals surface area contributed by atoms with Gasteiger partial charge in [-0.1, -0.05) is 71.1 Å². The molecule has 6 nitrogen and oxygen atoms in total. The van der Waals surface area contributed by atoms with Crippen LogP contribution in [0.4, 0.5) is 0 Å². The number of unbranched alkanes of at least 4 members (excludes halogenated alkanes) is 10. The quantitative estimate of drug-likeness (QED) is 0.273. The number of rotatable bonds is 14. The Morgan fingerprint density at radius 2 is 1.62 bits per heavy atom. The van der Waals surface area contributed by atoms with Crippen LogP contribution in [0.3, 0.4) is 0 Å². The van der Waals surface area contributed by atoms with Crippen LogP contribution in [-0.2, 0) is 4.79 Å². The van der Waals surface area contributed by atoms with Crippen molar-refractivity contribution in [3.05, 3.63) is 18.0 Å². The van der Waals surface area contributed by atoms with Crippen molar-refractivity contribution < 1.29 is 4.79 Å². The van der Waals surface area contributed by atoms with Gasteiger partial charge in [-0.05, 0) is 12.5 Å². The van der Waals surface area contributed by atoms with E-state index in [1.54, 1.807) is 12.3 Å². The summed E-state index contributed by atoms with van der Waals surface area (Å²) < 4.78 is 0. The molecule has 1 amide bonds.